The molecule has 1 unspecified atom stereocenters. The van der Waals surface area contributed by atoms with Crippen molar-refractivity contribution in [3.05, 3.63) is 71.4 Å². The molecule has 0 aliphatic carbocycles. The average Bonchev–Trinajstić information content (AvgIpc) is 3.01. The lowest BCUT2D eigenvalue weighted by molar-refractivity contribution is 0.253. The number of benzene rings is 2. The highest BCUT2D eigenvalue weighted by atomic mass is 15.1. The predicted molar refractivity (Wildman–Crippen MR) is 87.5 cm³/mol. The summed E-state index contributed by atoms with van der Waals surface area (Å²) in [4.78, 5) is 5.87. The molecule has 1 aliphatic rings. The Bertz CT molecular complexity index is 772. The van der Waals surface area contributed by atoms with E-state index in [0.717, 1.165) is 19.6 Å². The van der Waals surface area contributed by atoms with Crippen LogP contribution in [0.3, 0.4) is 0 Å². The Hall–Kier alpha value is -2.06. The van der Waals surface area contributed by atoms with E-state index in [1.54, 1.807) is 0 Å². The van der Waals surface area contributed by atoms with E-state index in [2.05, 4.69) is 65.3 Å². The minimum atomic E-state index is 0.475. The van der Waals surface area contributed by atoms with Crippen molar-refractivity contribution in [1.82, 2.24) is 9.88 Å². The molecule has 2 heterocycles. The lowest BCUT2D eigenvalue weighted by Gasteiger charge is -2.34. The van der Waals surface area contributed by atoms with Crippen LogP contribution >= 0.6 is 0 Å². The zero-order chi connectivity index (χ0) is 14.2. The SMILES string of the molecule is CCN1Cc2ccccc2C(c2ccc3cc[nH]c3c2)C1. The van der Waals surface area contributed by atoms with Crippen LogP contribution in [0.1, 0.15) is 29.5 Å². The van der Waals surface area contributed by atoms with Gasteiger partial charge in [-0.05, 0) is 40.8 Å². The Morgan fingerprint density at radius 1 is 1.14 bits per heavy atom. The molecule has 0 amide bonds. The number of nitrogens with zero attached hydrogens (tertiary/aromatic N) is 1. The van der Waals surface area contributed by atoms with Gasteiger partial charge in [-0.15, -0.1) is 0 Å². The van der Waals surface area contributed by atoms with E-state index < -0.39 is 0 Å². The van der Waals surface area contributed by atoms with Crippen molar-refractivity contribution in [3.8, 4) is 0 Å². The Kier molecular flexibility index (Phi) is 3.04. The smallest absolute Gasteiger partial charge is 0.0456 e. The lowest BCUT2D eigenvalue weighted by Crippen LogP contribution is -2.33. The van der Waals surface area contributed by atoms with Crippen molar-refractivity contribution < 1.29 is 0 Å². The van der Waals surface area contributed by atoms with Crippen molar-refractivity contribution in [2.75, 3.05) is 13.1 Å². The van der Waals surface area contributed by atoms with Crippen LogP contribution < -0.4 is 0 Å². The maximum atomic E-state index is 3.33. The molecule has 106 valence electrons. The minimum Gasteiger partial charge on any atom is -0.361 e. The fourth-order valence-corrected chi connectivity index (χ4v) is 3.49. The van der Waals surface area contributed by atoms with Gasteiger partial charge in [0.25, 0.3) is 0 Å². The first-order valence-electron chi connectivity index (χ1n) is 7.72. The molecule has 0 bridgehead atoms. The van der Waals surface area contributed by atoms with Gasteiger partial charge in [-0.25, -0.2) is 0 Å². The van der Waals surface area contributed by atoms with Crippen molar-refractivity contribution >= 4 is 10.9 Å². The summed E-state index contributed by atoms with van der Waals surface area (Å²) in [5.74, 6) is 0.475. The molecule has 0 saturated carbocycles. The summed E-state index contributed by atoms with van der Waals surface area (Å²) >= 11 is 0. The van der Waals surface area contributed by atoms with E-state index in [1.807, 2.05) is 6.20 Å². The molecule has 2 heteroatoms. The number of fused-ring (bicyclic) bond motifs is 2. The largest absolute Gasteiger partial charge is 0.361 e. The lowest BCUT2D eigenvalue weighted by atomic mass is 9.84. The third-order valence-electron chi connectivity index (χ3n) is 4.69. The first-order valence-corrected chi connectivity index (χ1v) is 7.72. The number of H-pyrrole nitrogens is 1. The molecule has 1 aromatic heterocycles. The summed E-state index contributed by atoms with van der Waals surface area (Å²) < 4.78 is 0. The number of aromatic nitrogens is 1. The van der Waals surface area contributed by atoms with Gasteiger partial charge in [0.15, 0.2) is 0 Å². The molecule has 0 radical (unpaired) electrons. The highest BCUT2D eigenvalue weighted by molar-refractivity contribution is 5.80. The van der Waals surface area contributed by atoms with Crippen LogP contribution in [0.25, 0.3) is 10.9 Å². The molecule has 0 saturated heterocycles. The van der Waals surface area contributed by atoms with Crippen LogP contribution in [0.5, 0.6) is 0 Å². The van der Waals surface area contributed by atoms with E-state index in [9.17, 15) is 0 Å². The summed E-state index contributed by atoms with van der Waals surface area (Å²) in [6.45, 7) is 5.54. The van der Waals surface area contributed by atoms with Crippen LogP contribution in [-0.4, -0.2) is 23.0 Å². The number of aromatic amines is 1. The number of hydrogen-bond donors (Lipinski definition) is 1. The second kappa shape index (κ2) is 5.05. The summed E-state index contributed by atoms with van der Waals surface area (Å²) in [7, 11) is 0. The second-order valence-corrected chi connectivity index (χ2v) is 5.90. The molecule has 1 aliphatic heterocycles. The van der Waals surface area contributed by atoms with Gasteiger partial charge >= 0.3 is 0 Å². The van der Waals surface area contributed by atoms with E-state index in [4.69, 9.17) is 0 Å². The first kappa shape index (κ1) is 12.7. The average molecular weight is 276 g/mol. The fraction of sp³-hybridized carbons (Fsp3) is 0.263. The molecule has 2 aromatic carbocycles. The molecule has 4 rings (SSSR count). The van der Waals surface area contributed by atoms with Crippen molar-refractivity contribution in [2.45, 2.75) is 19.4 Å². The van der Waals surface area contributed by atoms with Crippen LogP contribution in [0.4, 0.5) is 0 Å². The van der Waals surface area contributed by atoms with E-state index in [1.165, 1.54) is 27.6 Å². The first-order chi connectivity index (χ1) is 10.3. The molecule has 1 atom stereocenters. The van der Waals surface area contributed by atoms with E-state index in [0.29, 0.717) is 5.92 Å². The molecule has 21 heavy (non-hydrogen) atoms. The van der Waals surface area contributed by atoms with E-state index >= 15 is 0 Å². The molecule has 3 aromatic rings. The van der Waals surface area contributed by atoms with Crippen molar-refractivity contribution in [1.29, 1.82) is 0 Å². The maximum Gasteiger partial charge on any atom is 0.0456 e. The maximum absolute atomic E-state index is 3.33. The van der Waals surface area contributed by atoms with Gasteiger partial charge in [0, 0.05) is 30.7 Å². The predicted octanol–water partition coefficient (Wildman–Crippen LogP) is 4.14. The molecule has 0 spiro atoms. The number of likely N-dealkylation sites (N-methyl/N-ethyl adjacent to an activating group) is 1. The van der Waals surface area contributed by atoms with Crippen molar-refractivity contribution in [2.24, 2.45) is 0 Å². The van der Waals surface area contributed by atoms with Gasteiger partial charge in [-0.2, -0.15) is 0 Å². The van der Waals surface area contributed by atoms with Crippen LogP contribution in [0.2, 0.25) is 0 Å². The van der Waals surface area contributed by atoms with E-state index in [-0.39, 0.29) is 0 Å². The highest BCUT2D eigenvalue weighted by Crippen LogP contribution is 2.34. The highest BCUT2D eigenvalue weighted by Gasteiger charge is 2.25. The molecule has 1 N–H and O–H groups in total. The van der Waals surface area contributed by atoms with Gasteiger partial charge < -0.3 is 4.98 Å². The van der Waals surface area contributed by atoms with Gasteiger partial charge in [-0.3, -0.25) is 4.90 Å². The Morgan fingerprint density at radius 2 is 2.05 bits per heavy atom. The quantitative estimate of drug-likeness (QED) is 0.745. The second-order valence-electron chi connectivity index (χ2n) is 5.90. The number of hydrogen-bond acceptors (Lipinski definition) is 1. The van der Waals surface area contributed by atoms with Crippen LogP contribution in [0, 0.1) is 0 Å². The molecular formula is C19H20N2. The molecule has 0 fully saturated rings. The summed E-state index contributed by atoms with van der Waals surface area (Å²) in [6, 6.07) is 17.9. The van der Waals surface area contributed by atoms with Crippen LogP contribution in [0.15, 0.2) is 54.7 Å². The number of rotatable bonds is 2. The molecular weight excluding hydrogens is 256 g/mol. The summed E-state index contributed by atoms with van der Waals surface area (Å²) in [5.41, 5.74) is 5.62. The van der Waals surface area contributed by atoms with Gasteiger partial charge in [0.1, 0.15) is 0 Å². The monoisotopic (exact) mass is 276 g/mol. The van der Waals surface area contributed by atoms with Gasteiger partial charge in [0.2, 0.25) is 0 Å². The molecule has 2 nitrogen and oxygen atoms in total. The third kappa shape index (κ3) is 2.16. The standard InChI is InChI=1S/C19H20N2/c1-2-21-12-16-5-3-4-6-17(16)18(13-21)15-8-7-14-9-10-20-19(14)11-15/h3-11,18,20H,2,12-13H2,1H3. The zero-order valence-electron chi connectivity index (χ0n) is 12.3. The Labute approximate surface area is 125 Å². The van der Waals surface area contributed by atoms with Crippen LogP contribution in [-0.2, 0) is 6.54 Å². The van der Waals surface area contributed by atoms with Crippen molar-refractivity contribution in [3.63, 3.8) is 0 Å². The number of nitrogens with one attached hydrogen (secondary N) is 1. The fourth-order valence-electron chi connectivity index (χ4n) is 3.49. The van der Waals surface area contributed by atoms with Gasteiger partial charge in [0.05, 0.1) is 0 Å². The Balaban J connectivity index is 1.82. The summed E-state index contributed by atoms with van der Waals surface area (Å²) in [5, 5.41) is 1.29. The normalized spacial score (nSPS) is 18.8. The topological polar surface area (TPSA) is 19.0 Å². The third-order valence-corrected chi connectivity index (χ3v) is 4.69. The minimum absolute atomic E-state index is 0.475. The zero-order valence-corrected chi connectivity index (χ0v) is 12.3. The van der Waals surface area contributed by atoms with Gasteiger partial charge in [-0.1, -0.05) is 43.3 Å². The summed E-state index contributed by atoms with van der Waals surface area (Å²) in [6.07, 6.45) is 2.02. The Morgan fingerprint density at radius 3 is 2.95 bits per heavy atom.